The Morgan fingerprint density at radius 1 is 1.30 bits per heavy atom. The summed E-state index contributed by atoms with van der Waals surface area (Å²) in [5.74, 6) is 0.615. The number of amides is 1. The van der Waals surface area contributed by atoms with Crippen LogP contribution in [0.3, 0.4) is 0 Å². The van der Waals surface area contributed by atoms with Gasteiger partial charge in [-0.3, -0.25) is 9.89 Å². The van der Waals surface area contributed by atoms with Crippen LogP contribution in [0.15, 0.2) is 51.6 Å². The molecule has 0 aliphatic carbocycles. The largest absolute Gasteiger partial charge is 0.444 e. The molecule has 3 heterocycles. The molecule has 0 radical (unpaired) electrons. The quantitative estimate of drug-likeness (QED) is 0.653. The van der Waals surface area contributed by atoms with Gasteiger partial charge in [0.25, 0.3) is 5.91 Å². The second-order valence-corrected chi connectivity index (χ2v) is 7.29. The molecule has 1 atom stereocenters. The number of carbonyl (C=O) groups is 1. The van der Waals surface area contributed by atoms with Gasteiger partial charge in [-0.15, -0.1) is 0 Å². The monoisotopic (exact) mass is 432 g/mol. The van der Waals surface area contributed by atoms with Crippen molar-refractivity contribution in [2.24, 2.45) is 0 Å². The molecule has 0 bridgehead atoms. The summed E-state index contributed by atoms with van der Waals surface area (Å²) in [6.45, 7) is 1.54. The maximum Gasteiger partial charge on any atom is 0.287 e. The number of furan rings is 1. The molecule has 2 aromatic heterocycles. The van der Waals surface area contributed by atoms with E-state index in [1.165, 1.54) is 12.1 Å². The van der Waals surface area contributed by atoms with Gasteiger partial charge in [0.05, 0.1) is 5.69 Å². The van der Waals surface area contributed by atoms with Crippen molar-refractivity contribution in [3.8, 4) is 11.3 Å². The first-order valence-corrected chi connectivity index (χ1v) is 9.50. The number of hydrogen-bond donors (Lipinski definition) is 2. The van der Waals surface area contributed by atoms with E-state index >= 15 is 0 Å². The van der Waals surface area contributed by atoms with Crippen LogP contribution in [-0.2, 0) is 0 Å². The lowest BCUT2D eigenvalue weighted by Crippen LogP contribution is -2.47. The summed E-state index contributed by atoms with van der Waals surface area (Å²) in [6, 6.07) is 11.6. The highest BCUT2D eigenvalue weighted by atomic mass is 79.9. The number of halogens is 2. The van der Waals surface area contributed by atoms with Crippen molar-refractivity contribution in [1.82, 2.24) is 15.5 Å². The molecule has 1 amide bonds. The van der Waals surface area contributed by atoms with E-state index in [4.69, 9.17) is 4.42 Å². The number of hydrogen-bond acceptors (Lipinski definition) is 4. The lowest BCUT2D eigenvalue weighted by atomic mass is 10.1. The summed E-state index contributed by atoms with van der Waals surface area (Å²) in [6.07, 6.45) is 1.85. The fraction of sp³-hybridized carbons (Fsp3) is 0.263. The van der Waals surface area contributed by atoms with Crippen LogP contribution < -0.4 is 10.2 Å². The fourth-order valence-electron chi connectivity index (χ4n) is 3.25. The molecule has 1 aliphatic rings. The van der Waals surface area contributed by atoms with Crippen molar-refractivity contribution in [2.75, 3.05) is 18.0 Å². The molecule has 1 unspecified atom stereocenters. The number of rotatable bonds is 4. The van der Waals surface area contributed by atoms with E-state index in [2.05, 4.69) is 36.3 Å². The molecule has 4 rings (SSSR count). The van der Waals surface area contributed by atoms with E-state index < -0.39 is 0 Å². The van der Waals surface area contributed by atoms with Gasteiger partial charge in [-0.1, -0.05) is 0 Å². The standard InChI is InChI=1S/C19H18BrFN4O2/c20-17-8-7-16(27-17)19(26)22-14-2-1-9-25(11-14)18-10-15(23-24-18)12-3-5-13(21)6-4-12/h3-8,10,14H,1-2,9,11H2,(H,22,26)(H,23,24). The number of anilines is 1. The summed E-state index contributed by atoms with van der Waals surface area (Å²) in [4.78, 5) is 14.4. The number of carbonyl (C=O) groups excluding carboxylic acids is 1. The predicted octanol–water partition coefficient (Wildman–Crippen LogP) is 3.97. The number of nitrogens with one attached hydrogen (secondary N) is 2. The van der Waals surface area contributed by atoms with Crippen molar-refractivity contribution >= 4 is 27.7 Å². The van der Waals surface area contributed by atoms with Crippen LogP contribution in [0, 0.1) is 5.82 Å². The molecule has 6 nitrogen and oxygen atoms in total. The summed E-state index contributed by atoms with van der Waals surface area (Å²) < 4.78 is 18.9. The molecule has 1 fully saturated rings. The van der Waals surface area contributed by atoms with E-state index in [0.717, 1.165) is 36.5 Å². The molecule has 27 heavy (non-hydrogen) atoms. The highest BCUT2D eigenvalue weighted by Crippen LogP contribution is 2.24. The highest BCUT2D eigenvalue weighted by Gasteiger charge is 2.24. The van der Waals surface area contributed by atoms with Gasteiger partial charge in [0, 0.05) is 25.2 Å². The van der Waals surface area contributed by atoms with Gasteiger partial charge in [-0.2, -0.15) is 5.10 Å². The third-order valence-electron chi connectivity index (χ3n) is 4.60. The van der Waals surface area contributed by atoms with E-state index in [9.17, 15) is 9.18 Å². The summed E-state index contributed by atoms with van der Waals surface area (Å²) >= 11 is 3.20. The normalized spacial score (nSPS) is 17.1. The summed E-state index contributed by atoms with van der Waals surface area (Å²) in [5, 5.41) is 10.4. The molecule has 8 heteroatoms. The van der Waals surface area contributed by atoms with Crippen molar-refractivity contribution in [3.63, 3.8) is 0 Å². The van der Waals surface area contributed by atoms with Gasteiger partial charge in [-0.05, 0) is 70.7 Å². The van der Waals surface area contributed by atoms with Crippen molar-refractivity contribution in [3.05, 3.63) is 58.7 Å². The molecular weight excluding hydrogens is 415 g/mol. The van der Waals surface area contributed by atoms with Gasteiger partial charge in [-0.25, -0.2) is 4.39 Å². The molecule has 1 aliphatic heterocycles. The van der Waals surface area contributed by atoms with Crippen molar-refractivity contribution in [2.45, 2.75) is 18.9 Å². The molecule has 0 saturated carbocycles. The zero-order valence-corrected chi connectivity index (χ0v) is 16.0. The molecule has 1 saturated heterocycles. The average molecular weight is 433 g/mol. The first-order valence-electron chi connectivity index (χ1n) is 8.71. The number of benzene rings is 1. The summed E-state index contributed by atoms with van der Waals surface area (Å²) in [7, 11) is 0. The first-order chi connectivity index (χ1) is 13.1. The van der Waals surface area contributed by atoms with Crippen LogP contribution in [-0.4, -0.2) is 35.2 Å². The van der Waals surface area contributed by atoms with Gasteiger partial charge in [0.1, 0.15) is 5.82 Å². The van der Waals surface area contributed by atoms with E-state index in [1.54, 1.807) is 24.3 Å². The maximum atomic E-state index is 13.1. The number of nitrogens with zero attached hydrogens (tertiary/aromatic N) is 2. The summed E-state index contributed by atoms with van der Waals surface area (Å²) in [5.41, 5.74) is 1.71. The van der Waals surface area contributed by atoms with E-state index in [1.807, 2.05) is 6.07 Å². The molecule has 0 spiro atoms. The molecule has 3 aromatic rings. The van der Waals surface area contributed by atoms with Gasteiger partial charge in [0.2, 0.25) is 0 Å². The average Bonchev–Trinajstić information content (AvgIpc) is 3.32. The first kappa shape index (κ1) is 17.8. The van der Waals surface area contributed by atoms with E-state index in [0.29, 0.717) is 11.2 Å². The Hall–Kier alpha value is -2.61. The fourth-order valence-corrected chi connectivity index (χ4v) is 3.55. The van der Waals surface area contributed by atoms with Crippen LogP contribution in [0.1, 0.15) is 23.4 Å². The number of aromatic amines is 1. The Labute approximate surface area is 163 Å². The third kappa shape index (κ3) is 4.05. The lowest BCUT2D eigenvalue weighted by molar-refractivity contribution is 0.0903. The molecular formula is C19H18BrFN4O2. The van der Waals surface area contributed by atoms with Crippen LogP contribution >= 0.6 is 15.9 Å². The minimum absolute atomic E-state index is 0.0149. The molecule has 1 aromatic carbocycles. The lowest BCUT2D eigenvalue weighted by Gasteiger charge is -2.33. The predicted molar refractivity (Wildman–Crippen MR) is 103 cm³/mol. The Bertz CT molecular complexity index is 937. The van der Waals surface area contributed by atoms with Crippen LogP contribution in [0.2, 0.25) is 0 Å². The zero-order valence-electron chi connectivity index (χ0n) is 14.4. The second-order valence-electron chi connectivity index (χ2n) is 6.51. The van der Waals surface area contributed by atoms with Gasteiger partial charge < -0.3 is 14.6 Å². The van der Waals surface area contributed by atoms with Gasteiger partial charge in [0.15, 0.2) is 16.2 Å². The smallest absolute Gasteiger partial charge is 0.287 e. The van der Waals surface area contributed by atoms with Crippen LogP contribution in [0.25, 0.3) is 11.3 Å². The third-order valence-corrected chi connectivity index (χ3v) is 5.02. The number of H-pyrrole nitrogens is 1. The number of aromatic nitrogens is 2. The zero-order chi connectivity index (χ0) is 18.8. The topological polar surface area (TPSA) is 74.2 Å². The molecule has 2 N–H and O–H groups in total. The Morgan fingerprint density at radius 2 is 2.11 bits per heavy atom. The minimum atomic E-state index is -0.267. The second kappa shape index (κ2) is 7.56. The SMILES string of the molecule is O=C(NC1CCCN(c2cc(-c3ccc(F)cc3)[nH]n2)C1)c1ccc(Br)o1. The number of piperidine rings is 1. The van der Waals surface area contributed by atoms with Crippen molar-refractivity contribution in [1.29, 1.82) is 0 Å². The van der Waals surface area contributed by atoms with E-state index in [-0.39, 0.29) is 23.5 Å². The van der Waals surface area contributed by atoms with Crippen molar-refractivity contribution < 1.29 is 13.6 Å². The van der Waals surface area contributed by atoms with Crippen LogP contribution in [0.5, 0.6) is 0 Å². The Morgan fingerprint density at radius 3 is 2.85 bits per heavy atom. The maximum absolute atomic E-state index is 13.1. The molecule has 140 valence electrons. The highest BCUT2D eigenvalue weighted by molar-refractivity contribution is 9.10. The Balaban J connectivity index is 1.42. The van der Waals surface area contributed by atoms with Crippen LogP contribution in [0.4, 0.5) is 10.2 Å². The minimum Gasteiger partial charge on any atom is -0.444 e. The van der Waals surface area contributed by atoms with Gasteiger partial charge >= 0.3 is 0 Å². The Kier molecular flexibility index (Phi) is 4.98.